The molecule has 0 fully saturated rings. The number of ether oxygens (including phenoxy) is 1. The summed E-state index contributed by atoms with van der Waals surface area (Å²) in [6.45, 7) is 7.45. The van der Waals surface area contributed by atoms with Gasteiger partial charge in [0, 0.05) is 38.7 Å². The van der Waals surface area contributed by atoms with Crippen molar-refractivity contribution in [2.45, 2.75) is 45.7 Å². The normalized spacial score (nSPS) is 12.9. The Morgan fingerprint density at radius 3 is 2.94 bits per heavy atom. The summed E-state index contributed by atoms with van der Waals surface area (Å²) in [4.78, 5) is 0. The van der Waals surface area contributed by atoms with Gasteiger partial charge in [0.05, 0.1) is 0 Å². The van der Waals surface area contributed by atoms with Crippen molar-refractivity contribution in [2.75, 3.05) is 20.3 Å². The molecule has 98 valence electrons. The van der Waals surface area contributed by atoms with Crippen molar-refractivity contribution in [3.05, 3.63) is 24.0 Å². The Hall–Kier alpha value is -0.800. The average Bonchev–Trinajstić information content (AvgIpc) is 2.80. The molecule has 1 N–H and O–H groups in total. The zero-order valence-corrected chi connectivity index (χ0v) is 11.4. The van der Waals surface area contributed by atoms with Crippen molar-refractivity contribution in [3.63, 3.8) is 0 Å². The minimum absolute atomic E-state index is 0.454. The van der Waals surface area contributed by atoms with E-state index < -0.39 is 0 Å². The Balaban J connectivity index is 2.31. The molecular weight excluding hydrogens is 212 g/mol. The Labute approximate surface area is 105 Å². The molecule has 1 unspecified atom stereocenters. The van der Waals surface area contributed by atoms with Crippen LogP contribution in [-0.4, -0.2) is 24.8 Å². The molecule has 0 saturated heterocycles. The van der Waals surface area contributed by atoms with Crippen LogP contribution in [0.25, 0.3) is 0 Å². The highest BCUT2D eigenvalue weighted by Crippen LogP contribution is 2.13. The summed E-state index contributed by atoms with van der Waals surface area (Å²) in [7, 11) is 1.76. The lowest BCUT2D eigenvalue weighted by Gasteiger charge is -2.11. The molecule has 1 aromatic heterocycles. The van der Waals surface area contributed by atoms with E-state index in [1.807, 2.05) is 0 Å². The Morgan fingerprint density at radius 2 is 2.24 bits per heavy atom. The monoisotopic (exact) mass is 238 g/mol. The maximum absolute atomic E-state index is 5.05. The number of methoxy groups -OCH3 is 1. The quantitative estimate of drug-likeness (QED) is 0.669. The fraction of sp³-hybridized carbons (Fsp3) is 0.714. The lowest BCUT2D eigenvalue weighted by molar-refractivity contribution is 0.191. The molecule has 3 heteroatoms. The van der Waals surface area contributed by atoms with Crippen LogP contribution < -0.4 is 5.32 Å². The number of nitrogens with zero attached hydrogens (tertiary/aromatic N) is 1. The summed E-state index contributed by atoms with van der Waals surface area (Å²) in [5, 5.41) is 3.50. The van der Waals surface area contributed by atoms with Crippen LogP contribution in [-0.2, 0) is 11.3 Å². The first-order valence-electron chi connectivity index (χ1n) is 6.66. The average molecular weight is 238 g/mol. The van der Waals surface area contributed by atoms with E-state index in [4.69, 9.17) is 4.74 Å². The molecule has 1 atom stereocenters. The van der Waals surface area contributed by atoms with Crippen LogP contribution in [0, 0.1) is 0 Å². The smallest absolute Gasteiger partial charge is 0.0462 e. The summed E-state index contributed by atoms with van der Waals surface area (Å²) < 4.78 is 7.32. The third-order valence-corrected chi connectivity index (χ3v) is 2.99. The minimum atomic E-state index is 0.454. The van der Waals surface area contributed by atoms with E-state index in [0.29, 0.717) is 6.04 Å². The molecule has 0 aliphatic carbocycles. The predicted octanol–water partition coefficient (Wildman–Crippen LogP) is 2.98. The third kappa shape index (κ3) is 5.37. The molecule has 0 aliphatic rings. The highest BCUT2D eigenvalue weighted by atomic mass is 16.5. The second-order valence-corrected chi connectivity index (χ2v) is 4.56. The molecule has 1 aromatic rings. The van der Waals surface area contributed by atoms with Crippen molar-refractivity contribution in [3.8, 4) is 0 Å². The highest BCUT2D eigenvalue weighted by Gasteiger charge is 2.05. The van der Waals surface area contributed by atoms with Crippen LogP contribution in [0.15, 0.2) is 18.5 Å². The van der Waals surface area contributed by atoms with Crippen LogP contribution in [0.2, 0.25) is 0 Å². The lowest BCUT2D eigenvalue weighted by Crippen LogP contribution is -2.18. The summed E-state index contributed by atoms with van der Waals surface area (Å²) >= 11 is 0. The summed E-state index contributed by atoms with van der Waals surface area (Å²) in [6, 6.07) is 2.67. The second-order valence-electron chi connectivity index (χ2n) is 4.56. The van der Waals surface area contributed by atoms with Crippen molar-refractivity contribution < 1.29 is 4.74 Å². The molecule has 0 saturated carbocycles. The maximum atomic E-state index is 5.05. The van der Waals surface area contributed by atoms with Gasteiger partial charge in [-0.25, -0.2) is 0 Å². The number of nitrogens with one attached hydrogen (secondary N) is 1. The number of hydrogen-bond acceptors (Lipinski definition) is 2. The largest absolute Gasteiger partial charge is 0.385 e. The molecule has 0 radical (unpaired) electrons. The fourth-order valence-electron chi connectivity index (χ4n) is 1.87. The first-order valence-corrected chi connectivity index (χ1v) is 6.66. The van der Waals surface area contributed by atoms with Gasteiger partial charge in [-0.2, -0.15) is 0 Å². The molecular formula is C14H26N2O. The summed E-state index contributed by atoms with van der Waals surface area (Å²) in [6.07, 6.45) is 7.92. The van der Waals surface area contributed by atoms with Crippen LogP contribution >= 0.6 is 0 Å². The number of aromatic nitrogens is 1. The minimum Gasteiger partial charge on any atom is -0.385 e. The molecule has 0 spiro atoms. The van der Waals surface area contributed by atoms with Crippen molar-refractivity contribution in [2.24, 2.45) is 0 Å². The first-order chi connectivity index (χ1) is 8.27. The molecule has 0 aliphatic heterocycles. The first kappa shape index (κ1) is 14.3. The van der Waals surface area contributed by atoms with Gasteiger partial charge in [-0.1, -0.05) is 6.92 Å². The molecule has 0 amide bonds. The van der Waals surface area contributed by atoms with Gasteiger partial charge in [0.1, 0.15) is 0 Å². The van der Waals surface area contributed by atoms with Crippen LogP contribution in [0.3, 0.4) is 0 Å². The van der Waals surface area contributed by atoms with E-state index in [9.17, 15) is 0 Å². The predicted molar refractivity (Wildman–Crippen MR) is 72.3 cm³/mol. The number of hydrogen-bond donors (Lipinski definition) is 1. The van der Waals surface area contributed by atoms with E-state index in [-0.39, 0.29) is 0 Å². The molecule has 17 heavy (non-hydrogen) atoms. The number of unbranched alkanes of at least 4 members (excludes halogenated alkanes) is 1. The van der Waals surface area contributed by atoms with E-state index in [0.717, 1.165) is 26.1 Å². The van der Waals surface area contributed by atoms with E-state index in [1.54, 1.807) is 7.11 Å². The van der Waals surface area contributed by atoms with Crippen molar-refractivity contribution in [1.82, 2.24) is 9.88 Å². The standard InChI is InChI=1S/C14H26N2O/c1-4-8-15-13(2)14-7-10-16(12-14)9-5-6-11-17-3/h7,10,12-13,15H,4-6,8-9,11H2,1-3H3. The van der Waals surface area contributed by atoms with E-state index >= 15 is 0 Å². The van der Waals surface area contributed by atoms with Gasteiger partial charge in [0.15, 0.2) is 0 Å². The van der Waals surface area contributed by atoms with Gasteiger partial charge in [-0.05, 0) is 44.4 Å². The van der Waals surface area contributed by atoms with Crippen LogP contribution in [0.1, 0.15) is 44.7 Å². The Kier molecular flexibility index (Phi) is 6.97. The molecule has 0 bridgehead atoms. The molecule has 3 nitrogen and oxygen atoms in total. The zero-order chi connectivity index (χ0) is 12.5. The Morgan fingerprint density at radius 1 is 1.41 bits per heavy atom. The maximum Gasteiger partial charge on any atom is 0.0462 e. The number of aryl methyl sites for hydroxylation is 1. The van der Waals surface area contributed by atoms with Gasteiger partial charge in [0.2, 0.25) is 0 Å². The topological polar surface area (TPSA) is 26.2 Å². The van der Waals surface area contributed by atoms with Gasteiger partial charge in [0.25, 0.3) is 0 Å². The van der Waals surface area contributed by atoms with Crippen molar-refractivity contribution in [1.29, 1.82) is 0 Å². The van der Waals surface area contributed by atoms with E-state index in [2.05, 4.69) is 42.2 Å². The van der Waals surface area contributed by atoms with Gasteiger partial charge in [-0.15, -0.1) is 0 Å². The van der Waals surface area contributed by atoms with Gasteiger partial charge >= 0.3 is 0 Å². The highest BCUT2D eigenvalue weighted by molar-refractivity contribution is 5.14. The van der Waals surface area contributed by atoms with E-state index in [1.165, 1.54) is 18.4 Å². The Bertz CT molecular complexity index is 296. The van der Waals surface area contributed by atoms with Crippen molar-refractivity contribution >= 4 is 0 Å². The molecule has 1 rings (SSSR count). The fourth-order valence-corrected chi connectivity index (χ4v) is 1.87. The second kappa shape index (κ2) is 8.31. The van der Waals surface area contributed by atoms with Gasteiger partial charge < -0.3 is 14.6 Å². The summed E-state index contributed by atoms with van der Waals surface area (Å²) in [5.74, 6) is 0. The summed E-state index contributed by atoms with van der Waals surface area (Å²) in [5.41, 5.74) is 1.38. The molecule has 1 heterocycles. The van der Waals surface area contributed by atoms with Crippen LogP contribution in [0.5, 0.6) is 0 Å². The SMILES string of the molecule is CCCNC(C)c1ccn(CCCCOC)c1. The van der Waals surface area contributed by atoms with Gasteiger partial charge in [-0.3, -0.25) is 0 Å². The zero-order valence-electron chi connectivity index (χ0n) is 11.4. The van der Waals surface area contributed by atoms with Crippen LogP contribution in [0.4, 0.5) is 0 Å². The molecule has 0 aromatic carbocycles. The lowest BCUT2D eigenvalue weighted by atomic mass is 10.2. The number of rotatable bonds is 9. The third-order valence-electron chi connectivity index (χ3n) is 2.99.